The fraction of sp³-hybridized carbons (Fsp3) is 0.286. The summed E-state index contributed by atoms with van der Waals surface area (Å²) in [6, 6.07) is 9.76. The highest BCUT2D eigenvalue weighted by Crippen LogP contribution is 2.38. The maximum Gasteiger partial charge on any atom is 0.269 e. The number of amides is 2. The molecule has 31 heavy (non-hydrogen) atoms. The highest BCUT2D eigenvalue weighted by atomic mass is 32.1. The van der Waals surface area contributed by atoms with E-state index in [0.717, 1.165) is 0 Å². The molecule has 0 radical (unpaired) electrons. The van der Waals surface area contributed by atoms with Gasteiger partial charge in [-0.1, -0.05) is 12.1 Å². The second kappa shape index (κ2) is 11.0. The number of hydrogen-bond acceptors (Lipinski definition) is 7. The molecule has 2 rings (SSSR count). The van der Waals surface area contributed by atoms with Crippen molar-refractivity contribution in [2.24, 2.45) is 0 Å². The molecule has 0 aliphatic rings. The van der Waals surface area contributed by atoms with Crippen molar-refractivity contribution in [2.45, 2.75) is 20.0 Å². The molecule has 166 valence electrons. The number of rotatable bonds is 7. The highest BCUT2D eigenvalue weighted by Gasteiger charge is 2.18. The van der Waals surface area contributed by atoms with E-state index in [2.05, 4.69) is 16.2 Å². The van der Waals surface area contributed by atoms with Gasteiger partial charge in [0.05, 0.1) is 33.0 Å². The summed E-state index contributed by atoms with van der Waals surface area (Å²) in [5, 5.41) is 2.40. The van der Waals surface area contributed by atoms with Gasteiger partial charge in [-0.25, -0.2) is 0 Å². The van der Waals surface area contributed by atoms with Crippen molar-refractivity contribution in [3.63, 3.8) is 0 Å². The van der Waals surface area contributed by atoms with E-state index in [-0.39, 0.29) is 16.8 Å². The summed E-state index contributed by atoms with van der Waals surface area (Å²) >= 11 is 5.10. The van der Waals surface area contributed by atoms with Crippen molar-refractivity contribution in [2.75, 3.05) is 21.3 Å². The van der Waals surface area contributed by atoms with Crippen molar-refractivity contribution in [1.82, 2.24) is 16.2 Å². The summed E-state index contributed by atoms with van der Waals surface area (Å²) in [6.07, 6.45) is -0.100. The number of hydrogen-bond donors (Lipinski definition) is 3. The van der Waals surface area contributed by atoms with Gasteiger partial charge in [0.1, 0.15) is 5.75 Å². The Morgan fingerprint density at radius 3 is 2.03 bits per heavy atom. The lowest BCUT2D eigenvalue weighted by atomic mass is 10.1. The van der Waals surface area contributed by atoms with Gasteiger partial charge in [0.15, 0.2) is 16.6 Å². The molecule has 9 nitrogen and oxygen atoms in total. The van der Waals surface area contributed by atoms with Gasteiger partial charge < -0.3 is 18.9 Å². The third-order valence-electron chi connectivity index (χ3n) is 3.94. The average Bonchev–Trinajstić information content (AvgIpc) is 2.76. The molecule has 0 unspecified atom stereocenters. The lowest BCUT2D eigenvalue weighted by Crippen LogP contribution is -2.48. The van der Waals surface area contributed by atoms with Gasteiger partial charge in [-0.2, -0.15) is 0 Å². The van der Waals surface area contributed by atoms with E-state index in [9.17, 15) is 9.59 Å². The Morgan fingerprint density at radius 2 is 1.48 bits per heavy atom. The Balaban J connectivity index is 2.03. The first-order chi connectivity index (χ1) is 14.8. The van der Waals surface area contributed by atoms with Crippen molar-refractivity contribution in [1.29, 1.82) is 0 Å². The Bertz CT molecular complexity index is 939. The van der Waals surface area contributed by atoms with Crippen LogP contribution in [0.1, 0.15) is 34.6 Å². The fourth-order valence-electron chi connectivity index (χ4n) is 2.61. The van der Waals surface area contributed by atoms with E-state index in [1.807, 2.05) is 13.8 Å². The first kappa shape index (κ1) is 23.7. The molecule has 0 spiro atoms. The smallest absolute Gasteiger partial charge is 0.269 e. The molecule has 0 aromatic heterocycles. The van der Waals surface area contributed by atoms with Crippen LogP contribution in [-0.4, -0.2) is 44.4 Å². The predicted molar refractivity (Wildman–Crippen MR) is 119 cm³/mol. The number of carbonyl (C=O) groups excluding carboxylic acids is 2. The van der Waals surface area contributed by atoms with Gasteiger partial charge in [-0.15, -0.1) is 0 Å². The molecule has 0 saturated carbocycles. The molecule has 0 aliphatic carbocycles. The average molecular weight is 448 g/mol. The van der Waals surface area contributed by atoms with E-state index in [0.29, 0.717) is 28.6 Å². The number of hydrazine groups is 1. The van der Waals surface area contributed by atoms with E-state index >= 15 is 0 Å². The molecule has 10 heteroatoms. The molecule has 2 amide bonds. The van der Waals surface area contributed by atoms with E-state index in [1.165, 1.54) is 33.5 Å². The summed E-state index contributed by atoms with van der Waals surface area (Å²) in [6.45, 7) is 3.72. The fourth-order valence-corrected chi connectivity index (χ4v) is 2.75. The molecular weight excluding hydrogens is 422 g/mol. The first-order valence-corrected chi connectivity index (χ1v) is 9.68. The van der Waals surface area contributed by atoms with Gasteiger partial charge in [0.2, 0.25) is 5.75 Å². The zero-order chi connectivity index (χ0) is 23.0. The van der Waals surface area contributed by atoms with Gasteiger partial charge in [-0.3, -0.25) is 25.8 Å². The van der Waals surface area contributed by atoms with Crippen molar-refractivity contribution in [3.05, 3.63) is 47.5 Å². The van der Waals surface area contributed by atoms with Crippen LogP contribution in [0.25, 0.3) is 0 Å². The molecule has 3 N–H and O–H groups in total. The molecule has 0 aliphatic heterocycles. The number of thiocarbonyl (C=S) groups is 1. The minimum Gasteiger partial charge on any atom is -0.493 e. The number of benzene rings is 2. The van der Waals surface area contributed by atoms with E-state index in [4.69, 9.17) is 31.2 Å². The van der Waals surface area contributed by atoms with Crippen LogP contribution < -0.4 is 35.1 Å². The zero-order valence-electron chi connectivity index (χ0n) is 17.9. The monoisotopic (exact) mass is 447 g/mol. The summed E-state index contributed by atoms with van der Waals surface area (Å²) in [4.78, 5) is 25.0. The Kier molecular flexibility index (Phi) is 8.44. The predicted octanol–water partition coefficient (Wildman–Crippen LogP) is 2.45. The van der Waals surface area contributed by atoms with Crippen molar-refractivity contribution < 1.29 is 28.5 Å². The van der Waals surface area contributed by atoms with Gasteiger partial charge in [0.25, 0.3) is 11.8 Å². The maximum absolute atomic E-state index is 12.5. The Morgan fingerprint density at radius 1 is 0.871 bits per heavy atom. The summed E-state index contributed by atoms with van der Waals surface area (Å²) in [5.74, 6) is 0.434. The van der Waals surface area contributed by atoms with Crippen LogP contribution in [0, 0.1) is 0 Å². The van der Waals surface area contributed by atoms with E-state index in [1.54, 1.807) is 24.3 Å². The van der Waals surface area contributed by atoms with Gasteiger partial charge in [-0.05, 0) is 50.3 Å². The van der Waals surface area contributed by atoms with Crippen LogP contribution in [0.4, 0.5) is 0 Å². The van der Waals surface area contributed by atoms with Crippen LogP contribution >= 0.6 is 12.2 Å². The molecular formula is C21H25N3O6S. The number of carbonyl (C=O) groups is 2. The topological polar surface area (TPSA) is 107 Å². The standard InChI is InChI=1S/C21H25N3O6S/c1-12(2)30-15-9-7-6-8-14(15)20(26)22-21(31)24-23-19(25)13-10-16(27-3)18(29-5)17(11-13)28-4/h6-12H,1-5H3,(H,23,25)(H2,22,24,26,31). The lowest BCUT2D eigenvalue weighted by molar-refractivity contribution is 0.0932. The molecule has 0 atom stereocenters. The first-order valence-electron chi connectivity index (χ1n) is 9.28. The third-order valence-corrected chi connectivity index (χ3v) is 4.14. The van der Waals surface area contributed by atoms with Gasteiger partial charge >= 0.3 is 0 Å². The number of ether oxygens (including phenoxy) is 4. The minimum absolute atomic E-state index is 0.0925. The summed E-state index contributed by atoms with van der Waals surface area (Å²) in [7, 11) is 4.36. The number of methoxy groups -OCH3 is 3. The Hall–Kier alpha value is -3.53. The van der Waals surface area contributed by atoms with Crippen LogP contribution in [0.2, 0.25) is 0 Å². The maximum atomic E-state index is 12.5. The second-order valence-electron chi connectivity index (χ2n) is 6.44. The zero-order valence-corrected chi connectivity index (χ0v) is 18.7. The van der Waals surface area contributed by atoms with Crippen LogP contribution in [0.15, 0.2) is 36.4 Å². The summed E-state index contributed by atoms with van der Waals surface area (Å²) < 4.78 is 21.3. The minimum atomic E-state index is -0.528. The number of para-hydroxylation sites is 1. The Labute approximate surface area is 186 Å². The molecule has 0 saturated heterocycles. The third kappa shape index (κ3) is 6.22. The van der Waals surface area contributed by atoms with Gasteiger partial charge in [0, 0.05) is 5.56 Å². The normalized spacial score (nSPS) is 10.1. The quantitative estimate of drug-likeness (QED) is 0.439. The molecule has 0 fully saturated rings. The molecule has 2 aromatic carbocycles. The second-order valence-corrected chi connectivity index (χ2v) is 6.85. The SMILES string of the molecule is COc1cc(C(=O)NNC(=S)NC(=O)c2ccccc2OC(C)C)cc(OC)c1OC. The lowest BCUT2D eigenvalue weighted by Gasteiger charge is -2.16. The van der Waals surface area contributed by atoms with Crippen molar-refractivity contribution >= 4 is 29.1 Å². The summed E-state index contributed by atoms with van der Waals surface area (Å²) in [5.41, 5.74) is 5.45. The number of nitrogens with one attached hydrogen (secondary N) is 3. The van der Waals surface area contributed by atoms with Crippen LogP contribution in [-0.2, 0) is 0 Å². The van der Waals surface area contributed by atoms with Crippen LogP contribution in [0.3, 0.4) is 0 Å². The molecule has 0 heterocycles. The molecule has 2 aromatic rings. The largest absolute Gasteiger partial charge is 0.493 e. The van der Waals surface area contributed by atoms with Crippen LogP contribution in [0.5, 0.6) is 23.0 Å². The molecule has 0 bridgehead atoms. The van der Waals surface area contributed by atoms with Crippen molar-refractivity contribution in [3.8, 4) is 23.0 Å². The highest BCUT2D eigenvalue weighted by molar-refractivity contribution is 7.80. The van der Waals surface area contributed by atoms with E-state index < -0.39 is 11.8 Å².